The fourth-order valence-electron chi connectivity index (χ4n) is 3.29. The summed E-state index contributed by atoms with van der Waals surface area (Å²) in [7, 11) is 0. The lowest BCUT2D eigenvalue weighted by molar-refractivity contribution is -0.136. The quantitative estimate of drug-likeness (QED) is 0.429. The second-order valence-electron chi connectivity index (χ2n) is 6.98. The van der Waals surface area contributed by atoms with E-state index in [1.165, 1.54) is 0 Å². The Kier molecular flexibility index (Phi) is 5.38. The lowest BCUT2D eigenvalue weighted by Crippen LogP contribution is -2.04. The molecule has 4 rings (SSSR count). The standard InChI is InChI=1S/C23H21NO4S/c1-14(24)21-10-18(13-29-21)19-9-15(8-17-6-7-27-23(17)19)12-28-20-5-3-2-4-16(20)11-22(25)26/h2-10,13-14H,11-12,24H2,1H3,(H,25,26). The predicted octanol–water partition coefficient (Wildman–Crippen LogP) is 5.39. The number of rotatable bonds is 7. The van der Waals surface area contributed by atoms with Crippen LogP contribution in [0.1, 0.15) is 29.0 Å². The zero-order valence-electron chi connectivity index (χ0n) is 15.9. The molecule has 2 aromatic heterocycles. The molecule has 0 bridgehead atoms. The number of hydrogen-bond acceptors (Lipinski definition) is 5. The molecular formula is C23H21NO4S. The number of thiophene rings is 1. The molecule has 1 unspecified atom stereocenters. The molecule has 29 heavy (non-hydrogen) atoms. The van der Waals surface area contributed by atoms with Crippen LogP contribution in [0.25, 0.3) is 22.1 Å². The molecule has 148 valence electrons. The van der Waals surface area contributed by atoms with E-state index < -0.39 is 5.97 Å². The molecule has 0 spiro atoms. The monoisotopic (exact) mass is 407 g/mol. The number of aliphatic carboxylic acids is 1. The molecule has 0 amide bonds. The highest BCUT2D eigenvalue weighted by Crippen LogP contribution is 2.35. The number of carboxylic acids is 1. The summed E-state index contributed by atoms with van der Waals surface area (Å²) in [6.45, 7) is 2.30. The van der Waals surface area contributed by atoms with Gasteiger partial charge < -0.3 is 20.0 Å². The third-order valence-electron chi connectivity index (χ3n) is 4.70. The number of fused-ring (bicyclic) bond motifs is 1. The van der Waals surface area contributed by atoms with Crippen molar-refractivity contribution >= 4 is 28.3 Å². The van der Waals surface area contributed by atoms with Gasteiger partial charge in [-0.3, -0.25) is 4.79 Å². The molecule has 2 heterocycles. The molecule has 0 saturated heterocycles. The summed E-state index contributed by atoms with van der Waals surface area (Å²) in [5.74, 6) is -0.302. The maximum atomic E-state index is 11.1. The number of hydrogen-bond donors (Lipinski definition) is 2. The Balaban J connectivity index is 1.65. The number of benzene rings is 2. The van der Waals surface area contributed by atoms with Crippen molar-refractivity contribution in [3.05, 3.63) is 76.2 Å². The third kappa shape index (κ3) is 4.18. The van der Waals surface area contributed by atoms with Gasteiger partial charge in [-0.15, -0.1) is 11.3 Å². The molecule has 5 nitrogen and oxygen atoms in total. The zero-order valence-corrected chi connectivity index (χ0v) is 16.7. The molecule has 3 N–H and O–H groups in total. The van der Waals surface area contributed by atoms with Crippen LogP contribution in [0.15, 0.2) is 64.6 Å². The Labute approximate surface area is 172 Å². The topological polar surface area (TPSA) is 85.7 Å². The van der Waals surface area contributed by atoms with Gasteiger partial charge in [-0.25, -0.2) is 0 Å². The largest absolute Gasteiger partial charge is 0.489 e. The smallest absolute Gasteiger partial charge is 0.307 e. The van der Waals surface area contributed by atoms with Crippen molar-refractivity contribution in [2.24, 2.45) is 5.73 Å². The molecule has 0 radical (unpaired) electrons. The third-order valence-corrected chi connectivity index (χ3v) is 5.83. The average Bonchev–Trinajstić information content (AvgIpc) is 3.36. The summed E-state index contributed by atoms with van der Waals surface area (Å²) in [4.78, 5) is 12.2. The summed E-state index contributed by atoms with van der Waals surface area (Å²) in [5.41, 5.74) is 10.5. The molecule has 0 aliphatic rings. The van der Waals surface area contributed by atoms with Crippen molar-refractivity contribution in [3.8, 4) is 16.9 Å². The minimum absolute atomic E-state index is 0.0157. The Morgan fingerprint density at radius 2 is 2.07 bits per heavy atom. The van der Waals surface area contributed by atoms with Gasteiger partial charge in [0.25, 0.3) is 0 Å². The second-order valence-corrected chi connectivity index (χ2v) is 7.92. The molecule has 0 fully saturated rings. The summed E-state index contributed by atoms with van der Waals surface area (Å²) in [5, 5.41) is 12.2. The van der Waals surface area contributed by atoms with E-state index in [2.05, 4.69) is 17.5 Å². The molecule has 6 heteroatoms. The second kappa shape index (κ2) is 8.11. The van der Waals surface area contributed by atoms with E-state index in [-0.39, 0.29) is 12.5 Å². The number of carbonyl (C=O) groups is 1. The lowest BCUT2D eigenvalue weighted by Gasteiger charge is -2.11. The van der Waals surface area contributed by atoms with E-state index >= 15 is 0 Å². The van der Waals surface area contributed by atoms with Crippen molar-refractivity contribution in [1.82, 2.24) is 0 Å². The van der Waals surface area contributed by atoms with Gasteiger partial charge in [0.15, 0.2) is 0 Å². The van der Waals surface area contributed by atoms with Crippen LogP contribution in [0.2, 0.25) is 0 Å². The number of carboxylic acid groups (broad SMARTS) is 1. The van der Waals surface area contributed by atoms with Gasteiger partial charge in [0, 0.05) is 27.4 Å². The summed E-state index contributed by atoms with van der Waals surface area (Å²) >= 11 is 1.63. The first-order valence-corrected chi connectivity index (χ1v) is 10.2. The van der Waals surface area contributed by atoms with Crippen molar-refractivity contribution in [2.75, 3.05) is 0 Å². The van der Waals surface area contributed by atoms with Gasteiger partial charge in [0.1, 0.15) is 17.9 Å². The van der Waals surface area contributed by atoms with Crippen molar-refractivity contribution in [3.63, 3.8) is 0 Å². The zero-order chi connectivity index (χ0) is 20.4. The Bertz CT molecular complexity index is 1160. The van der Waals surface area contributed by atoms with Gasteiger partial charge in [-0.05, 0) is 53.8 Å². The van der Waals surface area contributed by atoms with Crippen LogP contribution in [0.5, 0.6) is 5.75 Å². The number of para-hydroxylation sites is 1. The number of nitrogens with two attached hydrogens (primary N) is 1. The molecular weight excluding hydrogens is 386 g/mol. The van der Waals surface area contributed by atoms with E-state index in [1.54, 1.807) is 29.7 Å². The van der Waals surface area contributed by atoms with Crippen LogP contribution in [0, 0.1) is 0 Å². The van der Waals surface area contributed by atoms with Gasteiger partial charge in [-0.2, -0.15) is 0 Å². The van der Waals surface area contributed by atoms with E-state index in [9.17, 15) is 4.79 Å². The highest BCUT2D eigenvalue weighted by molar-refractivity contribution is 7.10. The van der Waals surface area contributed by atoms with Crippen LogP contribution in [-0.2, 0) is 17.8 Å². The molecule has 4 aromatic rings. The fourth-order valence-corrected chi connectivity index (χ4v) is 4.16. The van der Waals surface area contributed by atoms with Gasteiger partial charge in [0.05, 0.1) is 12.7 Å². The van der Waals surface area contributed by atoms with Crippen molar-refractivity contribution in [1.29, 1.82) is 0 Å². The molecule has 0 aliphatic heterocycles. The van der Waals surface area contributed by atoms with Crippen LogP contribution in [0.3, 0.4) is 0 Å². The summed E-state index contributed by atoms with van der Waals surface area (Å²) < 4.78 is 11.7. The van der Waals surface area contributed by atoms with E-state index in [0.717, 1.165) is 32.5 Å². The predicted molar refractivity (Wildman–Crippen MR) is 114 cm³/mol. The van der Waals surface area contributed by atoms with Gasteiger partial charge in [0.2, 0.25) is 0 Å². The van der Waals surface area contributed by atoms with Crippen LogP contribution in [0.4, 0.5) is 0 Å². The minimum atomic E-state index is -0.884. The van der Waals surface area contributed by atoms with Gasteiger partial charge >= 0.3 is 5.97 Å². The highest BCUT2D eigenvalue weighted by Gasteiger charge is 2.14. The normalized spacial score (nSPS) is 12.2. The fraction of sp³-hybridized carbons (Fsp3) is 0.174. The lowest BCUT2D eigenvalue weighted by atomic mass is 10.0. The number of ether oxygens (including phenoxy) is 1. The first-order chi connectivity index (χ1) is 14.0. The maximum absolute atomic E-state index is 11.1. The van der Waals surface area contributed by atoms with Crippen LogP contribution >= 0.6 is 11.3 Å². The Morgan fingerprint density at radius 3 is 2.83 bits per heavy atom. The molecule has 1 atom stereocenters. The minimum Gasteiger partial charge on any atom is -0.489 e. The van der Waals surface area contributed by atoms with Crippen molar-refractivity contribution < 1.29 is 19.1 Å². The van der Waals surface area contributed by atoms with E-state index in [4.69, 9.17) is 20.0 Å². The van der Waals surface area contributed by atoms with E-state index in [0.29, 0.717) is 17.9 Å². The Hall–Kier alpha value is -3.09. The average molecular weight is 407 g/mol. The Morgan fingerprint density at radius 1 is 1.24 bits per heavy atom. The van der Waals surface area contributed by atoms with Crippen LogP contribution in [-0.4, -0.2) is 11.1 Å². The van der Waals surface area contributed by atoms with Gasteiger partial charge in [-0.1, -0.05) is 18.2 Å². The van der Waals surface area contributed by atoms with E-state index in [1.807, 2.05) is 31.2 Å². The molecule has 0 aliphatic carbocycles. The maximum Gasteiger partial charge on any atom is 0.307 e. The highest BCUT2D eigenvalue weighted by atomic mass is 32.1. The van der Waals surface area contributed by atoms with Crippen LogP contribution < -0.4 is 10.5 Å². The van der Waals surface area contributed by atoms with Crippen molar-refractivity contribution in [2.45, 2.75) is 26.0 Å². The molecule has 2 aromatic carbocycles. The SMILES string of the molecule is CC(N)c1cc(-c2cc(COc3ccccc3CC(=O)O)cc3ccoc23)cs1. The number of furan rings is 1. The molecule has 0 saturated carbocycles. The summed E-state index contributed by atoms with van der Waals surface area (Å²) in [6, 6.07) is 15.3. The first kappa shape index (κ1) is 19.2. The summed E-state index contributed by atoms with van der Waals surface area (Å²) in [6.07, 6.45) is 1.61. The first-order valence-electron chi connectivity index (χ1n) is 9.28.